The molecule has 0 aliphatic rings. The Morgan fingerprint density at radius 1 is 0.306 bits per heavy atom. The molecule has 0 aliphatic carbocycles. The maximum Gasteiger partial charge on any atom is 0.143 e. The van der Waals surface area contributed by atoms with Gasteiger partial charge in [0.25, 0.3) is 0 Å². The molecule has 11 aromatic rings. The minimum atomic E-state index is -0.696. The van der Waals surface area contributed by atoms with Crippen molar-refractivity contribution in [2.24, 2.45) is 0 Å². The summed E-state index contributed by atoms with van der Waals surface area (Å²) in [5.41, 5.74) is 3.05. The quantitative estimate of drug-likeness (QED) is 0.138. The summed E-state index contributed by atoms with van der Waals surface area (Å²) in [6.45, 7) is 0. The third-order valence-electron chi connectivity index (χ3n) is 10.2. The Bertz CT molecular complexity index is 3920. The Kier molecular flexibility index (Phi) is 5.49. The third kappa shape index (κ3) is 6.80. The van der Waals surface area contributed by atoms with Crippen molar-refractivity contribution in [3.8, 4) is 44.9 Å². The molecule has 0 amide bonds. The molecule has 0 unspecified atom stereocenters. The fraction of sp³-hybridized carbons (Fsp3) is 0. The molecule has 0 saturated heterocycles. The van der Waals surface area contributed by atoms with Gasteiger partial charge in [0.15, 0.2) is 0 Å². The first-order chi connectivity index (χ1) is 39.0. The average Bonchev–Trinajstić information content (AvgIpc) is 3.85. The summed E-state index contributed by atoms with van der Waals surface area (Å²) in [5.74, 6) is 0.773. The van der Waals surface area contributed by atoms with E-state index in [1.165, 1.54) is 24.3 Å². The van der Waals surface area contributed by atoms with Gasteiger partial charge in [0.1, 0.15) is 22.7 Å². The van der Waals surface area contributed by atoms with E-state index in [1.807, 2.05) is 72.8 Å². The van der Waals surface area contributed by atoms with Crippen LogP contribution in [0, 0.1) is 0 Å². The van der Waals surface area contributed by atoms with Crippen LogP contribution in [0.15, 0.2) is 251 Å². The molecule has 0 aliphatic heterocycles. The Morgan fingerprint density at radius 3 is 0.919 bits per heavy atom. The van der Waals surface area contributed by atoms with Crippen molar-refractivity contribution >= 4 is 56.1 Å². The van der Waals surface area contributed by atoms with Crippen molar-refractivity contribution in [1.29, 1.82) is 0 Å². The van der Waals surface area contributed by atoms with Gasteiger partial charge in [-0.15, -0.1) is 0 Å². The van der Waals surface area contributed by atoms with Gasteiger partial charge in [0.05, 0.1) is 27.4 Å². The molecule has 294 valence electrons. The van der Waals surface area contributed by atoms with Crippen LogP contribution in [0.25, 0.3) is 66.8 Å². The number of anilines is 6. The molecule has 0 spiro atoms. The number of hydrogen-bond donors (Lipinski definition) is 0. The van der Waals surface area contributed by atoms with E-state index < -0.39 is 144 Å². The van der Waals surface area contributed by atoms with Crippen LogP contribution < -0.4 is 9.80 Å². The third-order valence-corrected chi connectivity index (χ3v) is 10.2. The molecule has 0 radical (unpaired) electrons. The first-order valence-electron chi connectivity index (χ1n) is 29.3. The standard InChI is InChI=1S/C58H40N2O2/c1-7-19-41(20-8-1)55-51-39-54-52(40-53(51)61-57(55)43-31-35-49(36-32-43)59(45-23-11-3-12-24-45)46-25-13-4-14-26-46)56(42-21-9-2-10-22-42)58(62-54)44-33-37-50(38-34-44)60(47-27-15-5-16-28-47)48-29-17-6-18-30-48/h1-40H/i3D,4D,5D,6D,11D,12D,13D,14D,15D,16D,17D,18D,23D,24D,25D,26D,27D,28D,29D,30D. The van der Waals surface area contributed by atoms with E-state index in [1.54, 1.807) is 24.3 Å². The Balaban J connectivity index is 1.08. The lowest BCUT2D eigenvalue weighted by atomic mass is 9.96. The lowest BCUT2D eigenvalue weighted by Crippen LogP contribution is -2.09. The minimum absolute atomic E-state index is 0.0969. The highest BCUT2D eigenvalue weighted by atomic mass is 16.3. The Labute approximate surface area is 388 Å². The first kappa shape index (κ1) is 21.3. The topological polar surface area (TPSA) is 32.8 Å². The van der Waals surface area contributed by atoms with Gasteiger partial charge in [-0.3, -0.25) is 0 Å². The van der Waals surface area contributed by atoms with E-state index >= 15 is 0 Å². The second-order valence-electron chi connectivity index (χ2n) is 13.8. The van der Waals surface area contributed by atoms with Gasteiger partial charge in [-0.1, -0.05) is 133 Å². The summed E-state index contributed by atoms with van der Waals surface area (Å²) >= 11 is 0. The summed E-state index contributed by atoms with van der Waals surface area (Å²) in [7, 11) is 0. The first-order valence-corrected chi connectivity index (χ1v) is 19.3. The van der Waals surface area contributed by atoms with Gasteiger partial charge < -0.3 is 18.6 Å². The fourth-order valence-corrected chi connectivity index (χ4v) is 7.56. The molecule has 4 nitrogen and oxygen atoms in total. The van der Waals surface area contributed by atoms with Crippen LogP contribution in [0.4, 0.5) is 34.1 Å². The van der Waals surface area contributed by atoms with Crippen molar-refractivity contribution < 1.29 is 36.2 Å². The van der Waals surface area contributed by atoms with E-state index in [0.717, 1.165) is 20.9 Å². The van der Waals surface area contributed by atoms with Crippen LogP contribution in [0.3, 0.4) is 0 Å². The Hall–Kier alpha value is -8.34. The van der Waals surface area contributed by atoms with Crippen molar-refractivity contribution in [1.82, 2.24) is 0 Å². The zero-order chi connectivity index (χ0) is 58.7. The maximum absolute atomic E-state index is 8.89. The van der Waals surface area contributed by atoms with Crippen LogP contribution in [-0.4, -0.2) is 0 Å². The minimum Gasteiger partial charge on any atom is -0.455 e. The van der Waals surface area contributed by atoms with Gasteiger partial charge in [-0.2, -0.15) is 0 Å². The zero-order valence-corrected chi connectivity index (χ0v) is 32.3. The molecule has 0 saturated carbocycles. The van der Waals surface area contributed by atoms with Crippen LogP contribution in [-0.2, 0) is 0 Å². The van der Waals surface area contributed by atoms with Gasteiger partial charge >= 0.3 is 0 Å². The van der Waals surface area contributed by atoms with Crippen molar-refractivity contribution in [3.05, 3.63) is 242 Å². The predicted octanol–water partition coefficient (Wildman–Crippen LogP) is 16.8. The molecular weight excluding hydrogens is 757 g/mol. The van der Waals surface area contributed by atoms with Gasteiger partial charge in [0, 0.05) is 67.2 Å². The second-order valence-corrected chi connectivity index (χ2v) is 13.8. The molecule has 11 rings (SSSR count). The fourth-order valence-electron chi connectivity index (χ4n) is 7.56. The summed E-state index contributed by atoms with van der Waals surface area (Å²) in [6.07, 6.45) is 0. The predicted molar refractivity (Wildman–Crippen MR) is 257 cm³/mol. The number of benzene rings is 9. The smallest absolute Gasteiger partial charge is 0.143 e. The van der Waals surface area contributed by atoms with Crippen LogP contribution in [0.5, 0.6) is 0 Å². The lowest BCUT2D eigenvalue weighted by Gasteiger charge is -2.25. The lowest BCUT2D eigenvalue weighted by molar-refractivity contribution is 0.628. The maximum atomic E-state index is 8.89. The van der Waals surface area contributed by atoms with E-state index in [-0.39, 0.29) is 11.4 Å². The molecule has 0 fully saturated rings. The number of para-hydroxylation sites is 4. The average molecular weight is 817 g/mol. The van der Waals surface area contributed by atoms with E-state index in [2.05, 4.69) is 0 Å². The highest BCUT2D eigenvalue weighted by Crippen LogP contribution is 2.48. The monoisotopic (exact) mass is 816 g/mol. The molecule has 0 N–H and O–H groups in total. The molecule has 0 bridgehead atoms. The molecule has 0 atom stereocenters. The van der Waals surface area contributed by atoms with Crippen molar-refractivity contribution in [2.45, 2.75) is 0 Å². The molecule has 4 heteroatoms. The molecule has 9 aromatic carbocycles. The highest BCUT2D eigenvalue weighted by molar-refractivity contribution is 6.11. The normalized spacial score (nSPS) is 15.7. The Morgan fingerprint density at radius 2 is 0.613 bits per heavy atom. The number of nitrogens with zero attached hydrogens (tertiary/aromatic N) is 2. The van der Waals surface area contributed by atoms with Crippen LogP contribution in [0.2, 0.25) is 0 Å². The number of hydrogen-bond acceptors (Lipinski definition) is 4. The number of furan rings is 2. The largest absolute Gasteiger partial charge is 0.455 e. The SMILES string of the molecule is [2H]c1c([2H])c([2H])c(N(c2ccc(-c3oc4cc5c(-c6ccccc6)c(-c6ccc(N(c7c([2H])c([2H])c([2H])c([2H])c7[2H])c7c([2H])c([2H])c([2H])c([2H])c7[2H])cc6)oc5cc4c3-c3ccccc3)cc2)c2c([2H])c([2H])c([2H])c([2H])c2[2H])c([2H])c1[2H]. The van der Waals surface area contributed by atoms with E-state index in [9.17, 15) is 0 Å². The summed E-state index contributed by atoms with van der Waals surface area (Å²) in [4.78, 5) is 2.14. The summed E-state index contributed by atoms with van der Waals surface area (Å²) in [5, 5.41) is 1.25. The van der Waals surface area contributed by atoms with Crippen molar-refractivity contribution in [2.75, 3.05) is 9.80 Å². The van der Waals surface area contributed by atoms with Gasteiger partial charge in [0.2, 0.25) is 0 Å². The number of rotatable bonds is 10. The summed E-state index contributed by atoms with van der Waals surface area (Å²) in [6, 6.07) is 21.5. The molecule has 2 heterocycles. The van der Waals surface area contributed by atoms with Crippen molar-refractivity contribution in [3.63, 3.8) is 0 Å². The molecule has 2 aromatic heterocycles. The van der Waals surface area contributed by atoms with Crippen LogP contribution in [0.1, 0.15) is 27.4 Å². The van der Waals surface area contributed by atoms with E-state index in [4.69, 9.17) is 36.2 Å². The zero-order valence-electron chi connectivity index (χ0n) is 52.3. The van der Waals surface area contributed by atoms with Gasteiger partial charge in [-0.25, -0.2) is 0 Å². The highest BCUT2D eigenvalue weighted by Gasteiger charge is 2.24. The van der Waals surface area contributed by atoms with E-state index in [0.29, 0.717) is 55.7 Å². The number of fused-ring (bicyclic) bond motifs is 2. The molecular formula is C58H40N2O2. The second kappa shape index (κ2) is 16.0. The van der Waals surface area contributed by atoms with Gasteiger partial charge in [-0.05, 0) is 120 Å². The van der Waals surface area contributed by atoms with Crippen LogP contribution >= 0.6 is 0 Å². The molecule has 62 heavy (non-hydrogen) atoms. The summed E-state index contributed by atoms with van der Waals surface area (Å²) < 4.78 is 186.